The van der Waals surface area contributed by atoms with Crippen molar-refractivity contribution in [3.05, 3.63) is 6.92 Å². The Labute approximate surface area is 58.0 Å². The van der Waals surface area contributed by atoms with E-state index in [-0.39, 0.29) is 5.54 Å². The van der Waals surface area contributed by atoms with Crippen LogP contribution in [-0.2, 0) is 0 Å². The summed E-state index contributed by atoms with van der Waals surface area (Å²) in [5, 5.41) is 0. The topological polar surface area (TPSA) is 3.24 Å². The van der Waals surface area contributed by atoms with Gasteiger partial charge < -0.3 is 4.90 Å². The molecule has 1 aliphatic carbocycles. The highest BCUT2D eigenvalue weighted by molar-refractivity contribution is 4.94. The third-order valence-corrected chi connectivity index (χ3v) is 2.48. The maximum atomic E-state index is 4.19. The molecule has 0 unspecified atom stereocenters. The van der Waals surface area contributed by atoms with Gasteiger partial charge in [-0.05, 0) is 33.9 Å². The molecule has 1 radical (unpaired) electrons. The smallest absolute Gasteiger partial charge is 0.0204 e. The largest absolute Gasteiger partial charge is 0.304 e. The zero-order valence-electron chi connectivity index (χ0n) is 6.48. The van der Waals surface area contributed by atoms with Gasteiger partial charge in [-0.15, -0.1) is 0 Å². The van der Waals surface area contributed by atoms with Gasteiger partial charge >= 0.3 is 0 Å². The summed E-state index contributed by atoms with van der Waals surface area (Å²) >= 11 is 0. The lowest BCUT2D eigenvalue weighted by Crippen LogP contribution is -2.38. The monoisotopic (exact) mass is 126 g/mol. The third-order valence-electron chi connectivity index (χ3n) is 2.48. The first-order valence-corrected chi connectivity index (χ1v) is 3.68. The van der Waals surface area contributed by atoms with Crippen LogP contribution >= 0.6 is 0 Å². The second-order valence-electron chi connectivity index (χ2n) is 3.33. The van der Waals surface area contributed by atoms with Crippen LogP contribution in [-0.4, -0.2) is 24.5 Å². The van der Waals surface area contributed by atoms with Crippen LogP contribution in [0.15, 0.2) is 0 Å². The van der Waals surface area contributed by atoms with E-state index >= 15 is 0 Å². The lowest BCUT2D eigenvalue weighted by atomic mass is 10.00. The highest BCUT2D eigenvalue weighted by Crippen LogP contribution is 2.32. The molecule has 53 valence electrons. The molecule has 0 bridgehead atoms. The van der Waals surface area contributed by atoms with Crippen molar-refractivity contribution in [1.29, 1.82) is 0 Å². The van der Waals surface area contributed by atoms with Crippen LogP contribution in [0.2, 0.25) is 0 Å². The second kappa shape index (κ2) is 2.30. The zero-order chi connectivity index (χ0) is 6.91. The van der Waals surface area contributed by atoms with Gasteiger partial charge in [0, 0.05) is 5.54 Å². The lowest BCUT2D eigenvalue weighted by Gasteiger charge is -2.31. The van der Waals surface area contributed by atoms with Gasteiger partial charge in [-0.1, -0.05) is 12.8 Å². The van der Waals surface area contributed by atoms with Gasteiger partial charge in [0.05, 0.1) is 0 Å². The van der Waals surface area contributed by atoms with Crippen LogP contribution < -0.4 is 0 Å². The van der Waals surface area contributed by atoms with E-state index in [1.165, 1.54) is 25.7 Å². The Morgan fingerprint density at radius 1 is 1.22 bits per heavy atom. The summed E-state index contributed by atoms with van der Waals surface area (Å²) in [5.74, 6) is 0. The van der Waals surface area contributed by atoms with E-state index in [0.29, 0.717) is 0 Å². The fourth-order valence-corrected chi connectivity index (χ4v) is 1.48. The molecule has 0 N–H and O–H groups in total. The maximum absolute atomic E-state index is 4.19. The molecule has 1 rings (SSSR count). The van der Waals surface area contributed by atoms with Crippen LogP contribution in [0.1, 0.15) is 25.7 Å². The van der Waals surface area contributed by atoms with Gasteiger partial charge in [0.25, 0.3) is 0 Å². The molecule has 0 spiro atoms. The summed E-state index contributed by atoms with van der Waals surface area (Å²) in [7, 11) is 4.25. The van der Waals surface area contributed by atoms with Crippen molar-refractivity contribution in [2.75, 3.05) is 14.1 Å². The molecule has 1 fully saturated rings. The number of rotatable bonds is 1. The number of hydrogen-bond acceptors (Lipinski definition) is 1. The van der Waals surface area contributed by atoms with Crippen LogP contribution in [0.3, 0.4) is 0 Å². The highest BCUT2D eigenvalue weighted by Gasteiger charge is 2.30. The molecule has 0 aromatic rings. The Hall–Kier alpha value is -0.0400. The zero-order valence-corrected chi connectivity index (χ0v) is 6.48. The van der Waals surface area contributed by atoms with Crippen LogP contribution in [0.25, 0.3) is 0 Å². The predicted octanol–water partition coefficient (Wildman–Crippen LogP) is 1.69. The van der Waals surface area contributed by atoms with Gasteiger partial charge in [-0.3, -0.25) is 0 Å². The molecule has 0 saturated heterocycles. The molecule has 1 aliphatic rings. The molecule has 1 heteroatoms. The molecular weight excluding hydrogens is 110 g/mol. The van der Waals surface area contributed by atoms with E-state index < -0.39 is 0 Å². The normalized spacial score (nSPS) is 25.3. The van der Waals surface area contributed by atoms with E-state index in [4.69, 9.17) is 0 Å². The fraction of sp³-hybridized carbons (Fsp3) is 0.875. The first-order valence-electron chi connectivity index (χ1n) is 3.68. The molecule has 0 aliphatic heterocycles. The van der Waals surface area contributed by atoms with Crippen molar-refractivity contribution in [1.82, 2.24) is 4.90 Å². The number of hydrogen-bond donors (Lipinski definition) is 0. The Morgan fingerprint density at radius 3 is 1.89 bits per heavy atom. The standard InChI is InChI=1S/C8H16N/c1-8(9(2)3)6-4-5-7-8/h1,4-7H2,2-3H3. The van der Waals surface area contributed by atoms with Crippen LogP contribution in [0, 0.1) is 6.92 Å². The number of nitrogens with zero attached hydrogens (tertiary/aromatic N) is 1. The molecule has 1 saturated carbocycles. The van der Waals surface area contributed by atoms with Crippen molar-refractivity contribution in [2.45, 2.75) is 31.2 Å². The van der Waals surface area contributed by atoms with Crippen LogP contribution in [0.4, 0.5) is 0 Å². The SMILES string of the molecule is [CH2]C1(N(C)C)CCCC1. The average Bonchev–Trinajstić information content (AvgIpc) is 2.16. The molecule has 9 heavy (non-hydrogen) atoms. The average molecular weight is 126 g/mol. The van der Waals surface area contributed by atoms with Gasteiger partial charge in [0.1, 0.15) is 0 Å². The Kier molecular flexibility index (Phi) is 1.80. The lowest BCUT2D eigenvalue weighted by molar-refractivity contribution is 0.211. The first-order chi connectivity index (χ1) is 4.15. The Balaban J connectivity index is 2.51. The van der Waals surface area contributed by atoms with E-state index in [9.17, 15) is 0 Å². The highest BCUT2D eigenvalue weighted by atomic mass is 15.1. The van der Waals surface area contributed by atoms with E-state index in [1.54, 1.807) is 0 Å². The van der Waals surface area contributed by atoms with E-state index in [2.05, 4.69) is 25.9 Å². The van der Waals surface area contributed by atoms with Gasteiger partial charge in [-0.25, -0.2) is 0 Å². The minimum Gasteiger partial charge on any atom is -0.304 e. The van der Waals surface area contributed by atoms with Crippen molar-refractivity contribution >= 4 is 0 Å². The summed E-state index contributed by atoms with van der Waals surface area (Å²) < 4.78 is 0. The molecule has 0 atom stereocenters. The van der Waals surface area contributed by atoms with Crippen molar-refractivity contribution in [3.63, 3.8) is 0 Å². The minimum absolute atomic E-state index is 0.278. The maximum Gasteiger partial charge on any atom is 0.0204 e. The second-order valence-corrected chi connectivity index (χ2v) is 3.33. The van der Waals surface area contributed by atoms with Gasteiger partial charge in [0.2, 0.25) is 0 Å². The summed E-state index contributed by atoms with van der Waals surface area (Å²) in [6.07, 6.45) is 5.28. The van der Waals surface area contributed by atoms with Gasteiger partial charge in [-0.2, -0.15) is 0 Å². The van der Waals surface area contributed by atoms with Crippen molar-refractivity contribution < 1.29 is 0 Å². The molecule has 1 nitrogen and oxygen atoms in total. The first kappa shape index (κ1) is 7.07. The summed E-state index contributed by atoms with van der Waals surface area (Å²) in [6.45, 7) is 4.19. The van der Waals surface area contributed by atoms with E-state index in [1.807, 2.05) is 0 Å². The van der Waals surface area contributed by atoms with Crippen molar-refractivity contribution in [3.8, 4) is 0 Å². The quantitative estimate of drug-likeness (QED) is 0.517. The summed E-state index contributed by atoms with van der Waals surface area (Å²) in [4.78, 5) is 2.25. The Morgan fingerprint density at radius 2 is 1.67 bits per heavy atom. The molecule has 0 heterocycles. The molecule has 0 aromatic heterocycles. The van der Waals surface area contributed by atoms with Gasteiger partial charge in [0.15, 0.2) is 0 Å². The summed E-state index contributed by atoms with van der Waals surface area (Å²) in [5.41, 5.74) is 0.278. The minimum atomic E-state index is 0.278. The van der Waals surface area contributed by atoms with Crippen molar-refractivity contribution in [2.24, 2.45) is 0 Å². The molecular formula is C8H16N. The van der Waals surface area contributed by atoms with Crippen LogP contribution in [0.5, 0.6) is 0 Å². The molecule has 0 aromatic carbocycles. The Bertz CT molecular complexity index is 90.7. The molecule has 0 amide bonds. The predicted molar refractivity (Wildman–Crippen MR) is 40.2 cm³/mol. The summed E-state index contributed by atoms with van der Waals surface area (Å²) in [6, 6.07) is 0. The third kappa shape index (κ3) is 1.26. The van der Waals surface area contributed by atoms with E-state index in [0.717, 1.165) is 0 Å². The fourth-order valence-electron chi connectivity index (χ4n) is 1.48.